The van der Waals surface area contributed by atoms with Gasteiger partial charge in [0.05, 0.1) is 18.1 Å². The third-order valence-corrected chi connectivity index (χ3v) is 5.29. The molecule has 0 spiro atoms. The molecule has 126 valence electrons. The van der Waals surface area contributed by atoms with Crippen LogP contribution in [0.4, 0.5) is 0 Å². The molecule has 0 saturated heterocycles. The van der Waals surface area contributed by atoms with E-state index in [4.69, 9.17) is 4.74 Å². The largest absolute Gasteiger partial charge is 0.494 e. The van der Waals surface area contributed by atoms with Crippen molar-refractivity contribution in [2.45, 2.75) is 77.0 Å². The second-order valence-electron chi connectivity index (χ2n) is 7.01. The smallest absolute Gasteiger partial charge is 0.119 e. The lowest BCUT2D eigenvalue weighted by atomic mass is 9.67. The van der Waals surface area contributed by atoms with Crippen LogP contribution >= 0.6 is 0 Å². The Bertz CT molecular complexity index is 492. The van der Waals surface area contributed by atoms with Gasteiger partial charge in [-0.3, -0.25) is 0 Å². The summed E-state index contributed by atoms with van der Waals surface area (Å²) in [6.07, 6.45) is 10.5. The first-order valence-electron chi connectivity index (χ1n) is 9.38. The number of hydrogen-bond acceptors (Lipinski definition) is 2. The Morgan fingerprint density at radius 3 is 2.35 bits per heavy atom. The van der Waals surface area contributed by atoms with E-state index in [1.165, 1.54) is 44.1 Å². The average Bonchev–Trinajstić information content (AvgIpc) is 2.60. The van der Waals surface area contributed by atoms with Crippen LogP contribution in [0.15, 0.2) is 24.3 Å². The molecule has 0 radical (unpaired) electrons. The van der Waals surface area contributed by atoms with Crippen LogP contribution in [0.25, 0.3) is 0 Å². The summed E-state index contributed by atoms with van der Waals surface area (Å²) in [7, 11) is 0. The third kappa shape index (κ3) is 4.74. The van der Waals surface area contributed by atoms with Crippen molar-refractivity contribution in [3.8, 4) is 11.8 Å². The third-order valence-electron chi connectivity index (χ3n) is 5.29. The first-order chi connectivity index (χ1) is 11.2. The molecule has 1 aromatic carbocycles. The summed E-state index contributed by atoms with van der Waals surface area (Å²) in [6, 6.07) is 10.9. The molecule has 0 aliphatic heterocycles. The van der Waals surface area contributed by atoms with Gasteiger partial charge in [-0.05, 0) is 55.7 Å². The monoisotopic (exact) mass is 313 g/mol. The van der Waals surface area contributed by atoms with Gasteiger partial charge in [-0.2, -0.15) is 5.26 Å². The van der Waals surface area contributed by atoms with Gasteiger partial charge in [0.15, 0.2) is 0 Å². The lowest BCUT2D eigenvalue weighted by Crippen LogP contribution is -2.30. The van der Waals surface area contributed by atoms with Crippen LogP contribution in [0.5, 0.6) is 5.75 Å². The number of benzene rings is 1. The SMILES string of the molecule is CCCCCOc1ccc(C2(C#N)CCC(CCC)CC2)cc1. The first kappa shape index (κ1) is 17.9. The second-order valence-corrected chi connectivity index (χ2v) is 7.01. The molecule has 0 amide bonds. The second kappa shape index (κ2) is 8.96. The predicted molar refractivity (Wildman–Crippen MR) is 95.6 cm³/mol. The first-order valence-corrected chi connectivity index (χ1v) is 9.38. The summed E-state index contributed by atoms with van der Waals surface area (Å²) in [6.45, 7) is 5.24. The van der Waals surface area contributed by atoms with Gasteiger partial charge in [-0.15, -0.1) is 0 Å². The average molecular weight is 313 g/mol. The zero-order valence-corrected chi connectivity index (χ0v) is 14.8. The highest BCUT2D eigenvalue weighted by atomic mass is 16.5. The van der Waals surface area contributed by atoms with E-state index in [-0.39, 0.29) is 5.41 Å². The van der Waals surface area contributed by atoms with Gasteiger partial charge in [-0.1, -0.05) is 51.7 Å². The van der Waals surface area contributed by atoms with Gasteiger partial charge < -0.3 is 4.74 Å². The molecule has 2 heteroatoms. The molecule has 0 unspecified atom stereocenters. The van der Waals surface area contributed by atoms with Crippen molar-refractivity contribution in [3.63, 3.8) is 0 Å². The minimum atomic E-state index is -0.273. The Morgan fingerprint density at radius 2 is 1.78 bits per heavy atom. The van der Waals surface area contributed by atoms with Crippen molar-refractivity contribution < 1.29 is 4.74 Å². The quantitative estimate of drug-likeness (QED) is 0.551. The molecule has 0 bridgehead atoms. The highest BCUT2D eigenvalue weighted by Gasteiger charge is 2.36. The highest BCUT2D eigenvalue weighted by Crippen LogP contribution is 2.42. The normalized spacial score (nSPS) is 24.1. The molecule has 1 aromatic rings. The Balaban J connectivity index is 1.95. The van der Waals surface area contributed by atoms with Crippen molar-refractivity contribution >= 4 is 0 Å². The number of unbranched alkanes of at least 4 members (excludes halogenated alkanes) is 2. The molecule has 1 aliphatic carbocycles. The molecule has 0 heterocycles. The Labute approximate surface area is 141 Å². The maximum Gasteiger partial charge on any atom is 0.119 e. The molecule has 2 rings (SSSR count). The fourth-order valence-electron chi connectivity index (χ4n) is 3.74. The molecule has 2 nitrogen and oxygen atoms in total. The molecule has 1 saturated carbocycles. The number of nitriles is 1. The van der Waals surface area contributed by atoms with E-state index >= 15 is 0 Å². The van der Waals surface area contributed by atoms with Gasteiger partial charge in [-0.25, -0.2) is 0 Å². The van der Waals surface area contributed by atoms with Gasteiger partial charge in [0, 0.05) is 0 Å². The van der Waals surface area contributed by atoms with E-state index in [1.807, 2.05) is 12.1 Å². The van der Waals surface area contributed by atoms with Crippen molar-refractivity contribution in [1.82, 2.24) is 0 Å². The Hall–Kier alpha value is -1.49. The van der Waals surface area contributed by atoms with Crippen molar-refractivity contribution in [3.05, 3.63) is 29.8 Å². The number of rotatable bonds is 8. The summed E-state index contributed by atoms with van der Waals surface area (Å²) in [5.41, 5.74) is 0.904. The van der Waals surface area contributed by atoms with Gasteiger partial charge in [0.2, 0.25) is 0 Å². The maximum atomic E-state index is 9.80. The lowest BCUT2D eigenvalue weighted by molar-refractivity contribution is 0.265. The zero-order chi connectivity index (χ0) is 16.5. The number of ether oxygens (including phenoxy) is 1. The minimum Gasteiger partial charge on any atom is -0.494 e. The number of nitrogens with zero attached hydrogens (tertiary/aromatic N) is 1. The van der Waals surface area contributed by atoms with Gasteiger partial charge in [0.25, 0.3) is 0 Å². The summed E-state index contributed by atoms with van der Waals surface area (Å²) >= 11 is 0. The van der Waals surface area contributed by atoms with E-state index in [0.717, 1.165) is 37.5 Å². The van der Waals surface area contributed by atoms with E-state index < -0.39 is 0 Å². The fraction of sp³-hybridized carbons (Fsp3) is 0.667. The molecule has 0 aromatic heterocycles. The molecular weight excluding hydrogens is 282 g/mol. The van der Waals surface area contributed by atoms with E-state index in [2.05, 4.69) is 32.0 Å². The summed E-state index contributed by atoms with van der Waals surface area (Å²) in [4.78, 5) is 0. The van der Waals surface area contributed by atoms with Crippen LogP contribution in [0.3, 0.4) is 0 Å². The summed E-state index contributed by atoms with van der Waals surface area (Å²) in [5.74, 6) is 1.75. The van der Waals surface area contributed by atoms with Crippen LogP contribution in [0.1, 0.15) is 77.2 Å². The highest BCUT2D eigenvalue weighted by molar-refractivity contribution is 5.37. The summed E-state index contributed by atoms with van der Waals surface area (Å²) in [5, 5.41) is 9.80. The standard InChI is InChI=1S/C21H31NO/c1-3-5-6-16-23-20-10-8-19(9-11-20)21(17-22)14-12-18(7-4-2)13-15-21/h8-11,18H,3-7,12-16H2,1-2H3. The summed E-state index contributed by atoms with van der Waals surface area (Å²) < 4.78 is 5.78. The zero-order valence-electron chi connectivity index (χ0n) is 14.8. The maximum absolute atomic E-state index is 9.80. The van der Waals surface area contributed by atoms with Crippen LogP contribution in [-0.2, 0) is 5.41 Å². The lowest BCUT2D eigenvalue weighted by Gasteiger charge is -2.35. The number of hydrogen-bond donors (Lipinski definition) is 0. The Kier molecular flexibility index (Phi) is 6.96. The van der Waals surface area contributed by atoms with Crippen LogP contribution in [-0.4, -0.2) is 6.61 Å². The van der Waals surface area contributed by atoms with Crippen LogP contribution < -0.4 is 4.74 Å². The van der Waals surface area contributed by atoms with Crippen LogP contribution in [0, 0.1) is 17.2 Å². The minimum absolute atomic E-state index is 0.273. The topological polar surface area (TPSA) is 33.0 Å². The van der Waals surface area contributed by atoms with Crippen molar-refractivity contribution in [2.24, 2.45) is 5.92 Å². The van der Waals surface area contributed by atoms with E-state index in [1.54, 1.807) is 0 Å². The molecule has 1 aliphatic rings. The fourth-order valence-corrected chi connectivity index (χ4v) is 3.74. The van der Waals surface area contributed by atoms with Gasteiger partial charge >= 0.3 is 0 Å². The molecule has 1 fully saturated rings. The van der Waals surface area contributed by atoms with Crippen molar-refractivity contribution in [1.29, 1.82) is 5.26 Å². The van der Waals surface area contributed by atoms with Crippen molar-refractivity contribution in [2.75, 3.05) is 6.61 Å². The van der Waals surface area contributed by atoms with Gasteiger partial charge in [0.1, 0.15) is 5.75 Å². The molecular formula is C21H31NO. The van der Waals surface area contributed by atoms with E-state index in [0.29, 0.717) is 0 Å². The molecule has 0 N–H and O–H groups in total. The predicted octanol–water partition coefficient (Wildman–Crippen LogP) is 6.01. The Morgan fingerprint density at radius 1 is 1.09 bits per heavy atom. The van der Waals surface area contributed by atoms with E-state index in [9.17, 15) is 5.26 Å². The molecule has 0 atom stereocenters. The van der Waals surface area contributed by atoms with Crippen LogP contribution in [0.2, 0.25) is 0 Å². The molecule has 23 heavy (non-hydrogen) atoms.